The van der Waals surface area contributed by atoms with Crippen LogP contribution in [-0.4, -0.2) is 24.1 Å². The molecule has 1 aromatic rings. The third-order valence-electron chi connectivity index (χ3n) is 3.30. The van der Waals surface area contributed by atoms with Crippen molar-refractivity contribution in [2.24, 2.45) is 0 Å². The Bertz CT molecular complexity index is 504. The van der Waals surface area contributed by atoms with Crippen molar-refractivity contribution >= 4 is 11.4 Å². The number of nitrogens with one attached hydrogen (secondary N) is 2. The Balaban J connectivity index is 1.95. The number of nitro benzene ring substituents is 1. The zero-order chi connectivity index (χ0) is 13.7. The van der Waals surface area contributed by atoms with Crippen molar-refractivity contribution in [1.82, 2.24) is 5.32 Å². The van der Waals surface area contributed by atoms with Crippen LogP contribution in [0.5, 0.6) is 0 Å². The summed E-state index contributed by atoms with van der Waals surface area (Å²) in [5.74, 6) is 0. The third-order valence-corrected chi connectivity index (χ3v) is 3.30. The molecular formula is C13H16N4O2. The van der Waals surface area contributed by atoms with Gasteiger partial charge in [0.2, 0.25) is 0 Å². The average molecular weight is 260 g/mol. The Morgan fingerprint density at radius 2 is 2.42 bits per heavy atom. The lowest BCUT2D eigenvalue weighted by molar-refractivity contribution is -0.385. The topological polar surface area (TPSA) is 91.0 Å². The van der Waals surface area contributed by atoms with Crippen LogP contribution in [0.15, 0.2) is 18.2 Å². The zero-order valence-electron chi connectivity index (χ0n) is 10.6. The normalized spacial score (nSPS) is 17.9. The van der Waals surface area contributed by atoms with Gasteiger partial charge in [0, 0.05) is 24.3 Å². The number of nitrogens with zero attached hydrogens (tertiary/aromatic N) is 2. The summed E-state index contributed by atoms with van der Waals surface area (Å²) in [5, 5.41) is 26.2. The van der Waals surface area contributed by atoms with E-state index < -0.39 is 4.92 Å². The molecule has 1 fully saturated rings. The van der Waals surface area contributed by atoms with E-state index in [1.165, 1.54) is 25.0 Å². The fourth-order valence-electron chi connectivity index (χ4n) is 2.28. The van der Waals surface area contributed by atoms with E-state index in [0.717, 1.165) is 19.5 Å². The molecule has 1 atom stereocenters. The minimum atomic E-state index is -0.526. The molecule has 0 bridgehead atoms. The lowest BCUT2D eigenvalue weighted by atomic mass is 10.1. The summed E-state index contributed by atoms with van der Waals surface area (Å²) in [6.45, 7) is 1.84. The first-order valence-electron chi connectivity index (χ1n) is 6.36. The standard InChI is InChI=1S/C13H16N4O2/c14-9-10-3-4-12(8-13(10)17(18)19)16-7-5-11-2-1-6-15-11/h3-4,8,11,15-16H,1-2,5-7H2/t11-/m0/s1. The molecule has 0 unspecified atom stereocenters. The van der Waals surface area contributed by atoms with E-state index in [9.17, 15) is 10.1 Å². The Hall–Kier alpha value is -2.13. The van der Waals surface area contributed by atoms with Crippen molar-refractivity contribution in [3.8, 4) is 6.07 Å². The second-order valence-electron chi connectivity index (χ2n) is 4.61. The summed E-state index contributed by atoms with van der Waals surface area (Å²) in [6.07, 6.45) is 3.40. The summed E-state index contributed by atoms with van der Waals surface area (Å²) in [5.41, 5.74) is 0.628. The zero-order valence-corrected chi connectivity index (χ0v) is 10.6. The molecule has 0 aliphatic carbocycles. The van der Waals surface area contributed by atoms with E-state index in [0.29, 0.717) is 11.7 Å². The number of nitro groups is 1. The number of hydrogen-bond acceptors (Lipinski definition) is 5. The highest BCUT2D eigenvalue weighted by molar-refractivity contribution is 5.59. The largest absolute Gasteiger partial charge is 0.385 e. The van der Waals surface area contributed by atoms with E-state index >= 15 is 0 Å². The highest BCUT2D eigenvalue weighted by Gasteiger charge is 2.15. The van der Waals surface area contributed by atoms with Crippen LogP contribution in [0.2, 0.25) is 0 Å². The van der Waals surface area contributed by atoms with Gasteiger partial charge in [-0.1, -0.05) is 0 Å². The molecule has 6 heteroatoms. The van der Waals surface area contributed by atoms with Gasteiger partial charge in [-0.05, 0) is 37.9 Å². The minimum absolute atomic E-state index is 0.0907. The maximum atomic E-state index is 10.8. The molecule has 1 aliphatic heterocycles. The molecule has 6 nitrogen and oxygen atoms in total. The van der Waals surface area contributed by atoms with Gasteiger partial charge in [-0.2, -0.15) is 5.26 Å². The fourth-order valence-corrected chi connectivity index (χ4v) is 2.28. The smallest absolute Gasteiger partial charge is 0.289 e. The molecule has 1 aromatic carbocycles. The monoisotopic (exact) mass is 260 g/mol. The molecule has 100 valence electrons. The lowest BCUT2D eigenvalue weighted by Crippen LogP contribution is -2.24. The van der Waals surface area contributed by atoms with Crippen molar-refractivity contribution < 1.29 is 4.92 Å². The lowest BCUT2D eigenvalue weighted by Gasteiger charge is -2.11. The van der Waals surface area contributed by atoms with Crippen LogP contribution in [0, 0.1) is 21.4 Å². The van der Waals surface area contributed by atoms with Crippen LogP contribution in [0.4, 0.5) is 11.4 Å². The first-order valence-corrected chi connectivity index (χ1v) is 6.36. The molecule has 0 aromatic heterocycles. The number of rotatable bonds is 5. The minimum Gasteiger partial charge on any atom is -0.385 e. The molecule has 0 amide bonds. The van der Waals surface area contributed by atoms with Gasteiger partial charge in [-0.15, -0.1) is 0 Å². The molecule has 19 heavy (non-hydrogen) atoms. The van der Waals surface area contributed by atoms with Crippen molar-refractivity contribution in [2.45, 2.75) is 25.3 Å². The van der Waals surface area contributed by atoms with Gasteiger partial charge in [0.05, 0.1) is 4.92 Å². The Kier molecular flexibility index (Phi) is 4.31. The predicted molar refractivity (Wildman–Crippen MR) is 71.9 cm³/mol. The number of benzene rings is 1. The van der Waals surface area contributed by atoms with Crippen molar-refractivity contribution in [2.75, 3.05) is 18.4 Å². The van der Waals surface area contributed by atoms with Crippen LogP contribution >= 0.6 is 0 Å². The number of anilines is 1. The van der Waals surface area contributed by atoms with Crippen molar-refractivity contribution in [3.63, 3.8) is 0 Å². The molecule has 1 saturated heterocycles. The van der Waals surface area contributed by atoms with Crippen LogP contribution in [0.3, 0.4) is 0 Å². The van der Waals surface area contributed by atoms with E-state index in [1.807, 2.05) is 6.07 Å². The first kappa shape index (κ1) is 13.3. The molecule has 2 rings (SSSR count). The maximum absolute atomic E-state index is 10.8. The second-order valence-corrected chi connectivity index (χ2v) is 4.61. The van der Waals surface area contributed by atoms with Gasteiger partial charge in [0.15, 0.2) is 0 Å². The maximum Gasteiger partial charge on any atom is 0.289 e. The van der Waals surface area contributed by atoms with E-state index in [2.05, 4.69) is 10.6 Å². The predicted octanol–water partition coefficient (Wildman–Crippen LogP) is 2.02. The van der Waals surface area contributed by atoms with Gasteiger partial charge >= 0.3 is 0 Å². The Morgan fingerprint density at radius 3 is 3.05 bits per heavy atom. The molecule has 1 heterocycles. The van der Waals surface area contributed by atoms with E-state index in [-0.39, 0.29) is 11.3 Å². The van der Waals surface area contributed by atoms with Gasteiger partial charge < -0.3 is 10.6 Å². The molecule has 2 N–H and O–H groups in total. The molecule has 1 aliphatic rings. The highest BCUT2D eigenvalue weighted by Crippen LogP contribution is 2.22. The summed E-state index contributed by atoms with van der Waals surface area (Å²) in [4.78, 5) is 10.3. The van der Waals surface area contributed by atoms with Crippen molar-refractivity contribution in [1.29, 1.82) is 5.26 Å². The van der Waals surface area contributed by atoms with Crippen LogP contribution in [0.1, 0.15) is 24.8 Å². The molecule has 0 radical (unpaired) electrons. The second kappa shape index (κ2) is 6.16. The van der Waals surface area contributed by atoms with Crippen LogP contribution in [-0.2, 0) is 0 Å². The summed E-state index contributed by atoms with van der Waals surface area (Å²) in [7, 11) is 0. The van der Waals surface area contributed by atoms with Gasteiger partial charge in [-0.3, -0.25) is 10.1 Å². The van der Waals surface area contributed by atoms with Crippen LogP contribution in [0.25, 0.3) is 0 Å². The first-order chi connectivity index (χ1) is 9.20. The number of hydrogen-bond donors (Lipinski definition) is 2. The SMILES string of the molecule is N#Cc1ccc(NCC[C@@H]2CCCN2)cc1[N+](=O)[O-]. The molecular weight excluding hydrogens is 244 g/mol. The summed E-state index contributed by atoms with van der Waals surface area (Å²) in [6, 6.07) is 6.97. The number of nitriles is 1. The molecule has 0 spiro atoms. The summed E-state index contributed by atoms with van der Waals surface area (Å²) >= 11 is 0. The highest BCUT2D eigenvalue weighted by atomic mass is 16.6. The Morgan fingerprint density at radius 1 is 1.58 bits per heavy atom. The van der Waals surface area contributed by atoms with Crippen LogP contribution < -0.4 is 10.6 Å². The van der Waals surface area contributed by atoms with E-state index in [4.69, 9.17) is 5.26 Å². The van der Waals surface area contributed by atoms with Gasteiger partial charge in [0.1, 0.15) is 11.6 Å². The van der Waals surface area contributed by atoms with Crippen molar-refractivity contribution in [3.05, 3.63) is 33.9 Å². The van der Waals surface area contributed by atoms with Gasteiger partial charge in [0.25, 0.3) is 5.69 Å². The van der Waals surface area contributed by atoms with Gasteiger partial charge in [-0.25, -0.2) is 0 Å². The molecule has 0 saturated carbocycles. The fraction of sp³-hybridized carbons (Fsp3) is 0.462. The Labute approximate surface area is 111 Å². The third kappa shape index (κ3) is 3.42. The average Bonchev–Trinajstić information content (AvgIpc) is 2.91. The summed E-state index contributed by atoms with van der Waals surface area (Å²) < 4.78 is 0. The van der Waals surface area contributed by atoms with E-state index in [1.54, 1.807) is 6.07 Å². The quantitative estimate of drug-likeness (QED) is 0.624.